The van der Waals surface area contributed by atoms with Crippen molar-refractivity contribution < 1.29 is 12.4 Å². The van der Waals surface area contributed by atoms with Gasteiger partial charge in [0.05, 0.1) is 6.33 Å². The number of hydrogen-bond acceptors (Lipinski definition) is 2. The number of halogens is 1. The van der Waals surface area contributed by atoms with Gasteiger partial charge < -0.3 is 17.0 Å². The first-order valence-corrected chi connectivity index (χ1v) is 4.28. The number of benzene rings is 1. The summed E-state index contributed by atoms with van der Waals surface area (Å²) in [5.74, 6) is 0. The SMILES string of the molecule is N#[N+]c1ccc(Cn2ccnc2)cc1.[Cl-]. The maximum Gasteiger partial charge on any atom is 0.385 e. The van der Waals surface area contributed by atoms with Crippen molar-refractivity contribution in [1.82, 2.24) is 9.55 Å². The third kappa shape index (κ3) is 2.79. The first kappa shape index (κ1) is 11.2. The fourth-order valence-corrected chi connectivity index (χ4v) is 1.26. The molecular formula is C10H9ClN4. The van der Waals surface area contributed by atoms with Crippen LogP contribution in [0.5, 0.6) is 0 Å². The van der Waals surface area contributed by atoms with E-state index in [-0.39, 0.29) is 12.4 Å². The lowest BCUT2D eigenvalue weighted by Crippen LogP contribution is -3.00. The highest BCUT2D eigenvalue weighted by atomic mass is 35.5. The number of nitrogens with zero attached hydrogens (tertiary/aromatic N) is 4. The van der Waals surface area contributed by atoms with E-state index in [1.165, 1.54) is 0 Å². The van der Waals surface area contributed by atoms with Gasteiger partial charge in [0.15, 0.2) is 4.98 Å². The van der Waals surface area contributed by atoms with Crippen LogP contribution in [0.2, 0.25) is 0 Å². The van der Waals surface area contributed by atoms with E-state index in [1.807, 2.05) is 22.9 Å². The normalized spacial score (nSPS) is 9.00. The minimum atomic E-state index is 0. The van der Waals surface area contributed by atoms with Gasteiger partial charge in [-0.2, -0.15) is 0 Å². The van der Waals surface area contributed by atoms with E-state index < -0.39 is 0 Å². The molecule has 1 aromatic heterocycles. The molecule has 1 heterocycles. The molecule has 0 spiro atoms. The van der Waals surface area contributed by atoms with Crippen molar-refractivity contribution in [3.63, 3.8) is 0 Å². The Morgan fingerprint density at radius 1 is 1.27 bits per heavy atom. The average molecular weight is 221 g/mol. The summed E-state index contributed by atoms with van der Waals surface area (Å²) in [5, 5.41) is 8.49. The van der Waals surface area contributed by atoms with Crippen molar-refractivity contribution in [3.8, 4) is 0 Å². The molecule has 5 heteroatoms. The quantitative estimate of drug-likeness (QED) is 0.636. The maximum atomic E-state index is 8.49. The van der Waals surface area contributed by atoms with Crippen LogP contribution in [0.3, 0.4) is 0 Å². The van der Waals surface area contributed by atoms with Gasteiger partial charge in [0.2, 0.25) is 5.39 Å². The van der Waals surface area contributed by atoms with Gasteiger partial charge in [0.1, 0.15) is 0 Å². The molecule has 0 amide bonds. The lowest BCUT2D eigenvalue weighted by Gasteiger charge is -1.99. The van der Waals surface area contributed by atoms with Crippen molar-refractivity contribution in [3.05, 3.63) is 53.5 Å². The number of aromatic nitrogens is 2. The third-order valence-electron chi connectivity index (χ3n) is 1.98. The first-order valence-electron chi connectivity index (χ1n) is 4.28. The van der Waals surface area contributed by atoms with Crippen molar-refractivity contribution in [1.29, 1.82) is 5.39 Å². The molecule has 15 heavy (non-hydrogen) atoms. The van der Waals surface area contributed by atoms with Gasteiger partial charge in [0, 0.05) is 31.1 Å². The molecule has 0 saturated carbocycles. The second-order valence-corrected chi connectivity index (χ2v) is 3.00. The van der Waals surface area contributed by atoms with Crippen molar-refractivity contribution in [2.24, 2.45) is 0 Å². The monoisotopic (exact) mass is 220 g/mol. The summed E-state index contributed by atoms with van der Waals surface area (Å²) in [5.41, 5.74) is 1.72. The summed E-state index contributed by atoms with van der Waals surface area (Å²) >= 11 is 0. The molecule has 0 radical (unpaired) electrons. The predicted molar refractivity (Wildman–Crippen MR) is 52.5 cm³/mol. The van der Waals surface area contributed by atoms with Crippen LogP contribution in [-0.2, 0) is 6.54 Å². The topological polar surface area (TPSA) is 46.0 Å². The second kappa shape index (κ2) is 5.13. The maximum absolute atomic E-state index is 8.49. The van der Waals surface area contributed by atoms with Crippen molar-refractivity contribution >= 4 is 5.69 Å². The zero-order chi connectivity index (χ0) is 9.80. The van der Waals surface area contributed by atoms with Crippen LogP contribution in [0.25, 0.3) is 4.98 Å². The highest BCUT2D eigenvalue weighted by molar-refractivity contribution is 5.44. The van der Waals surface area contributed by atoms with Crippen molar-refractivity contribution in [2.45, 2.75) is 6.54 Å². The van der Waals surface area contributed by atoms with Gasteiger partial charge in [-0.3, -0.25) is 0 Å². The van der Waals surface area contributed by atoms with E-state index in [9.17, 15) is 0 Å². The van der Waals surface area contributed by atoms with Gasteiger partial charge >= 0.3 is 5.69 Å². The number of diazo groups is 1. The van der Waals surface area contributed by atoms with Crippen LogP contribution in [0, 0.1) is 5.39 Å². The molecule has 0 bridgehead atoms. The highest BCUT2D eigenvalue weighted by Crippen LogP contribution is 2.13. The molecule has 0 saturated heterocycles. The summed E-state index contributed by atoms with van der Waals surface area (Å²) in [4.78, 5) is 7.05. The first-order chi connectivity index (χ1) is 6.88. The largest absolute Gasteiger partial charge is 1.00 e. The van der Waals surface area contributed by atoms with E-state index in [2.05, 4.69) is 9.96 Å². The van der Waals surface area contributed by atoms with Crippen LogP contribution >= 0.6 is 0 Å². The van der Waals surface area contributed by atoms with Gasteiger partial charge in [0.25, 0.3) is 0 Å². The summed E-state index contributed by atoms with van der Waals surface area (Å²) in [6.45, 7) is 0.783. The summed E-state index contributed by atoms with van der Waals surface area (Å²) in [7, 11) is 0. The van der Waals surface area contributed by atoms with Gasteiger partial charge in [-0.1, -0.05) is 0 Å². The molecule has 2 rings (SSSR count). The van der Waals surface area contributed by atoms with E-state index >= 15 is 0 Å². The highest BCUT2D eigenvalue weighted by Gasteiger charge is 2.02. The summed E-state index contributed by atoms with van der Waals surface area (Å²) in [6, 6.07) is 7.39. The van der Waals surface area contributed by atoms with Crippen LogP contribution < -0.4 is 12.4 Å². The Morgan fingerprint density at radius 3 is 2.53 bits per heavy atom. The van der Waals surface area contributed by atoms with Gasteiger partial charge in [-0.25, -0.2) is 4.98 Å². The molecule has 4 nitrogen and oxygen atoms in total. The molecule has 0 aliphatic carbocycles. The lowest BCUT2D eigenvalue weighted by atomic mass is 10.2. The average Bonchev–Trinajstić information content (AvgIpc) is 2.72. The van der Waals surface area contributed by atoms with E-state index in [1.54, 1.807) is 24.7 Å². The predicted octanol–water partition coefficient (Wildman–Crippen LogP) is -0.580. The smallest absolute Gasteiger partial charge is 0.385 e. The Bertz CT molecular complexity index is 441. The minimum absolute atomic E-state index is 0. The molecule has 0 fully saturated rings. The van der Waals surface area contributed by atoms with Crippen LogP contribution in [0.4, 0.5) is 5.69 Å². The van der Waals surface area contributed by atoms with Gasteiger partial charge in [-0.05, 0) is 17.7 Å². The molecular weight excluding hydrogens is 212 g/mol. The number of rotatable bonds is 2. The minimum Gasteiger partial charge on any atom is -1.00 e. The summed E-state index contributed by atoms with van der Waals surface area (Å²) < 4.78 is 1.98. The lowest BCUT2D eigenvalue weighted by molar-refractivity contribution is -0.00000313. The molecule has 0 unspecified atom stereocenters. The summed E-state index contributed by atoms with van der Waals surface area (Å²) in [6.07, 6.45) is 5.42. The Hall–Kier alpha value is -1.86. The zero-order valence-corrected chi connectivity index (χ0v) is 8.67. The molecule has 0 aliphatic heterocycles. The molecule has 1 aromatic carbocycles. The number of hydrogen-bond donors (Lipinski definition) is 0. The van der Waals surface area contributed by atoms with E-state index in [0.717, 1.165) is 12.1 Å². The van der Waals surface area contributed by atoms with Crippen molar-refractivity contribution in [2.75, 3.05) is 0 Å². The Morgan fingerprint density at radius 2 is 2.00 bits per heavy atom. The van der Waals surface area contributed by atoms with E-state index in [0.29, 0.717) is 5.69 Å². The molecule has 2 aromatic rings. The van der Waals surface area contributed by atoms with Crippen LogP contribution in [-0.4, -0.2) is 9.55 Å². The van der Waals surface area contributed by atoms with Crippen LogP contribution in [0.15, 0.2) is 43.0 Å². The molecule has 0 atom stereocenters. The van der Waals surface area contributed by atoms with E-state index in [4.69, 9.17) is 5.39 Å². The Balaban J connectivity index is 0.00000112. The molecule has 76 valence electrons. The van der Waals surface area contributed by atoms with Gasteiger partial charge in [-0.15, -0.1) is 0 Å². The molecule has 0 N–H and O–H groups in total. The van der Waals surface area contributed by atoms with Crippen LogP contribution in [0.1, 0.15) is 5.56 Å². The Labute approximate surface area is 93.6 Å². The molecule has 0 aliphatic rings. The standard InChI is InChI=1S/C10H9N4.ClH/c11-13-10-3-1-9(2-4-10)7-14-6-5-12-8-14;/h1-6,8H,7H2;1H/q+1;/p-1. The Kier molecular flexibility index (Phi) is 3.83. The third-order valence-corrected chi connectivity index (χ3v) is 1.98. The zero-order valence-electron chi connectivity index (χ0n) is 7.92. The fraction of sp³-hybridized carbons (Fsp3) is 0.100. The fourth-order valence-electron chi connectivity index (χ4n) is 1.26. The second-order valence-electron chi connectivity index (χ2n) is 3.00. The number of imidazole rings is 1.